The minimum absolute atomic E-state index is 0.0898. The molecule has 3 aliphatic heterocycles. The summed E-state index contributed by atoms with van der Waals surface area (Å²) in [5.41, 5.74) is 8.35. The van der Waals surface area contributed by atoms with Gasteiger partial charge >= 0.3 is 12.1 Å². The summed E-state index contributed by atoms with van der Waals surface area (Å²) in [6.45, 7) is 6.61. The van der Waals surface area contributed by atoms with Gasteiger partial charge in [0.25, 0.3) is 11.8 Å². The van der Waals surface area contributed by atoms with Gasteiger partial charge in [-0.25, -0.2) is 19.0 Å². The van der Waals surface area contributed by atoms with Gasteiger partial charge in [-0.05, 0) is 74.6 Å². The molecule has 1 saturated heterocycles. The number of fused-ring (bicyclic) bond motifs is 2. The molecule has 23 heteroatoms. The number of imide groups is 1. The Morgan fingerprint density at radius 2 is 1.62 bits per heavy atom. The van der Waals surface area contributed by atoms with Gasteiger partial charge < -0.3 is 50.8 Å². The lowest BCUT2D eigenvalue weighted by molar-refractivity contribution is -0.137. The second-order valence-electron chi connectivity index (χ2n) is 19.1. The van der Waals surface area contributed by atoms with Crippen LogP contribution in [0.2, 0.25) is 0 Å². The molecular weight excluding hydrogens is 986 g/mol. The average Bonchev–Trinajstić information content (AvgIpc) is 3.74. The largest absolute Gasteiger partial charge is 0.486 e. The smallest absolute Gasteiger partial charge is 0.410 e. The van der Waals surface area contributed by atoms with E-state index in [1.165, 1.54) is 25.5 Å². The van der Waals surface area contributed by atoms with E-state index in [2.05, 4.69) is 41.1 Å². The van der Waals surface area contributed by atoms with Crippen molar-refractivity contribution >= 4 is 58.4 Å². The number of piperidine rings is 1. The summed E-state index contributed by atoms with van der Waals surface area (Å²) in [5, 5.41) is 10.9. The Morgan fingerprint density at radius 3 is 2.33 bits per heavy atom. The number of likely N-dealkylation sites (tertiary alicyclic amines) is 1. The van der Waals surface area contributed by atoms with Gasteiger partial charge in [0.15, 0.2) is 11.5 Å². The van der Waals surface area contributed by atoms with E-state index in [4.69, 9.17) is 24.7 Å². The number of unbranched alkanes of at least 4 members (excludes halogenated alkanes) is 2. The van der Waals surface area contributed by atoms with Gasteiger partial charge in [-0.15, -0.1) is 0 Å². The third-order valence-electron chi connectivity index (χ3n) is 13.3. The van der Waals surface area contributed by atoms with E-state index in [1.807, 2.05) is 0 Å². The maximum Gasteiger partial charge on any atom is 0.410 e. The highest BCUT2D eigenvalue weighted by Crippen LogP contribution is 2.31. The molecule has 0 aliphatic carbocycles. The van der Waals surface area contributed by atoms with Crippen molar-refractivity contribution in [2.45, 2.75) is 103 Å². The van der Waals surface area contributed by atoms with Crippen LogP contribution in [0.5, 0.6) is 17.4 Å². The number of nitrogens with zero attached hydrogens (tertiary/aromatic N) is 6. The SMILES string of the molecule is COc1ccc2ncc(F)c(CCN3CCC(N(Cc4cc5c(cn4)OCCO5)C(=O)OCc4ccc(NC(=O)[C@H](CCCNC(N)=O)NC(=O)[C@@H](NC(=O)CCCCCN5C(=O)C=CC5=O)C(C)C)cc4)CC3)c2n1. The van der Waals surface area contributed by atoms with Crippen LogP contribution in [0, 0.1) is 11.7 Å². The highest BCUT2D eigenvalue weighted by molar-refractivity contribution is 6.12. The number of carbonyl (C=O) groups is 7. The summed E-state index contributed by atoms with van der Waals surface area (Å²) >= 11 is 0. The summed E-state index contributed by atoms with van der Waals surface area (Å²) in [7, 11) is 1.51. The van der Waals surface area contributed by atoms with Crippen molar-refractivity contribution in [3.63, 3.8) is 0 Å². The number of nitrogens with two attached hydrogens (primary N) is 1. The number of hydrogen-bond acceptors (Lipinski definition) is 15. The van der Waals surface area contributed by atoms with E-state index >= 15 is 4.39 Å². The maximum atomic E-state index is 15.1. The molecule has 76 heavy (non-hydrogen) atoms. The molecule has 1 fully saturated rings. The minimum Gasteiger partial charge on any atom is -0.486 e. The van der Waals surface area contributed by atoms with E-state index in [-0.39, 0.29) is 75.2 Å². The molecule has 0 spiro atoms. The molecule has 7 rings (SSSR count). The summed E-state index contributed by atoms with van der Waals surface area (Å²) in [6.07, 6.45) is 8.41. The van der Waals surface area contributed by atoms with Crippen LogP contribution >= 0.6 is 0 Å². The number of aromatic nitrogens is 3. The Kier molecular flexibility index (Phi) is 19.8. The number of rotatable bonds is 25. The fourth-order valence-electron chi connectivity index (χ4n) is 9.10. The predicted molar refractivity (Wildman–Crippen MR) is 275 cm³/mol. The van der Waals surface area contributed by atoms with Crippen molar-refractivity contribution in [2.75, 3.05) is 58.4 Å². The van der Waals surface area contributed by atoms with Crippen LogP contribution in [0.3, 0.4) is 0 Å². The molecule has 6 heterocycles. The Morgan fingerprint density at radius 1 is 0.882 bits per heavy atom. The molecule has 3 aliphatic rings. The first-order valence-electron chi connectivity index (χ1n) is 25.6. The molecule has 4 aromatic rings. The topological polar surface area (TPSA) is 279 Å². The lowest BCUT2D eigenvalue weighted by atomic mass is 10.0. The zero-order valence-electron chi connectivity index (χ0n) is 43.0. The van der Waals surface area contributed by atoms with E-state index < -0.39 is 41.8 Å². The van der Waals surface area contributed by atoms with Crippen molar-refractivity contribution in [1.29, 1.82) is 0 Å². The summed E-state index contributed by atoms with van der Waals surface area (Å²) in [5.74, 6) is -1.55. The van der Waals surface area contributed by atoms with Crippen LogP contribution in [0.4, 0.5) is 19.7 Å². The number of anilines is 1. The number of carbonyl (C=O) groups excluding carboxylic acids is 7. The predicted octanol–water partition coefficient (Wildman–Crippen LogP) is 4.29. The summed E-state index contributed by atoms with van der Waals surface area (Å²) < 4.78 is 37.8. The van der Waals surface area contributed by atoms with Gasteiger partial charge in [0.05, 0.1) is 42.8 Å². The highest BCUT2D eigenvalue weighted by Gasteiger charge is 2.32. The van der Waals surface area contributed by atoms with Gasteiger partial charge in [0.2, 0.25) is 23.6 Å². The molecule has 6 N–H and O–H groups in total. The Bertz CT molecular complexity index is 2740. The van der Waals surface area contributed by atoms with E-state index in [1.54, 1.807) is 67.4 Å². The standard InChI is InChI=1S/C53H66FN11O11/c1-33(2)48(61-44(66)9-5-4-6-22-64-46(67)16-17-47(64)68)51(70)60-41(8-7-21-56-52(55)71)50(69)59-35-12-10-34(11-13-35)32-76-53(72)65(31-36-28-42-43(30-57-36)75-27-26-74-42)37-18-23-63(24-19-37)25-20-38-39(54)29-58-40-14-15-45(73-3)62-49(38)40/h10-17,28-30,33,37,41,48H,4-9,18-27,31-32H2,1-3H3,(H,59,69)(H,60,70)(H,61,66)(H3,55,56,71)/t41-,48-/m0/s1. The molecular formula is C53H66FN11O11. The van der Waals surface area contributed by atoms with Crippen LogP contribution in [0.15, 0.2) is 67.0 Å². The first kappa shape index (κ1) is 55.8. The van der Waals surface area contributed by atoms with Crippen molar-refractivity contribution in [3.05, 3.63) is 89.6 Å². The van der Waals surface area contributed by atoms with Crippen LogP contribution in [-0.2, 0) is 48.3 Å². The molecule has 406 valence electrons. The van der Waals surface area contributed by atoms with Crippen molar-refractivity contribution in [2.24, 2.45) is 11.7 Å². The van der Waals surface area contributed by atoms with Crippen molar-refractivity contribution in [1.82, 2.24) is 45.6 Å². The third kappa shape index (κ3) is 15.6. The number of amides is 8. The molecule has 2 atom stereocenters. The Hall–Kier alpha value is -7.95. The van der Waals surface area contributed by atoms with Gasteiger partial charge in [-0.1, -0.05) is 32.4 Å². The zero-order chi connectivity index (χ0) is 54.1. The number of methoxy groups -OCH3 is 1. The molecule has 0 bridgehead atoms. The maximum absolute atomic E-state index is 15.1. The van der Waals surface area contributed by atoms with E-state index in [9.17, 15) is 33.6 Å². The van der Waals surface area contributed by atoms with Crippen LogP contribution in [0.1, 0.15) is 82.0 Å². The van der Waals surface area contributed by atoms with Gasteiger partial charge in [-0.2, -0.15) is 0 Å². The summed E-state index contributed by atoms with van der Waals surface area (Å²) in [6, 6.07) is 8.90. The third-order valence-corrected chi connectivity index (χ3v) is 13.3. The summed E-state index contributed by atoms with van der Waals surface area (Å²) in [4.78, 5) is 108. The second-order valence-corrected chi connectivity index (χ2v) is 19.1. The molecule has 8 amide bonds. The minimum atomic E-state index is -1.07. The number of nitrogens with one attached hydrogen (secondary N) is 4. The number of pyridine rings is 3. The fraction of sp³-hybridized carbons (Fsp3) is 0.472. The monoisotopic (exact) mass is 1050 g/mol. The van der Waals surface area contributed by atoms with Crippen LogP contribution in [0.25, 0.3) is 11.0 Å². The van der Waals surface area contributed by atoms with Gasteiger partial charge in [-0.3, -0.25) is 43.7 Å². The average molecular weight is 1050 g/mol. The lowest BCUT2D eigenvalue weighted by Gasteiger charge is -2.38. The molecule has 3 aromatic heterocycles. The number of ether oxygens (including phenoxy) is 4. The van der Waals surface area contributed by atoms with Crippen molar-refractivity contribution in [3.8, 4) is 17.4 Å². The second kappa shape index (κ2) is 27.0. The molecule has 0 saturated carbocycles. The number of halogens is 1. The zero-order valence-corrected chi connectivity index (χ0v) is 43.0. The number of urea groups is 1. The lowest BCUT2D eigenvalue weighted by Crippen LogP contribution is -2.54. The van der Waals surface area contributed by atoms with E-state index in [0.29, 0.717) is 122 Å². The first-order chi connectivity index (χ1) is 36.6. The molecule has 0 radical (unpaired) electrons. The van der Waals surface area contributed by atoms with Gasteiger partial charge in [0.1, 0.15) is 37.7 Å². The van der Waals surface area contributed by atoms with Gasteiger partial charge in [0, 0.05) is 80.7 Å². The first-order valence-corrected chi connectivity index (χ1v) is 25.6. The van der Waals surface area contributed by atoms with Crippen molar-refractivity contribution < 1.29 is 56.9 Å². The Balaban J connectivity index is 0.936. The quantitative estimate of drug-likeness (QED) is 0.0458. The number of primary amides is 1. The highest BCUT2D eigenvalue weighted by atomic mass is 19.1. The normalized spacial score (nSPS) is 15.3. The molecule has 1 aromatic carbocycles. The number of hydrogen-bond donors (Lipinski definition) is 5. The van der Waals surface area contributed by atoms with Crippen LogP contribution < -0.4 is 41.2 Å². The van der Waals surface area contributed by atoms with E-state index in [0.717, 1.165) is 4.90 Å². The van der Waals surface area contributed by atoms with Crippen LogP contribution in [-0.4, -0.2) is 142 Å². The molecule has 0 unspecified atom stereocenters. The molecule has 22 nitrogen and oxygen atoms in total. The Labute approximate surface area is 439 Å². The number of benzene rings is 1. The fourth-order valence-corrected chi connectivity index (χ4v) is 9.10.